The first-order valence-corrected chi connectivity index (χ1v) is 10.1. The maximum absolute atomic E-state index is 13.1. The lowest BCUT2D eigenvalue weighted by Gasteiger charge is -2.12. The lowest BCUT2D eigenvalue weighted by molar-refractivity contribution is 0.0950. The van der Waals surface area contributed by atoms with Crippen LogP contribution in [0.25, 0.3) is 16.5 Å². The molecule has 4 rings (SSSR count). The van der Waals surface area contributed by atoms with Gasteiger partial charge in [-0.1, -0.05) is 48.0 Å². The molecule has 0 radical (unpaired) electrons. The first-order chi connectivity index (χ1) is 15.5. The van der Waals surface area contributed by atoms with Gasteiger partial charge >= 0.3 is 0 Å². The number of carbonyl (C=O) groups is 1. The molecule has 1 heterocycles. The zero-order valence-corrected chi connectivity index (χ0v) is 18.1. The molecule has 0 aliphatic heterocycles. The fourth-order valence-electron chi connectivity index (χ4n) is 3.29. The molecule has 0 bridgehead atoms. The molecule has 32 heavy (non-hydrogen) atoms. The van der Waals surface area contributed by atoms with Crippen LogP contribution in [0.4, 0.5) is 0 Å². The molecule has 0 fully saturated rings. The van der Waals surface area contributed by atoms with E-state index in [4.69, 9.17) is 16.3 Å². The number of carbonyl (C=O) groups excluding carboxylic acids is 1. The maximum atomic E-state index is 13.1. The van der Waals surface area contributed by atoms with Gasteiger partial charge in [-0.15, -0.1) is 0 Å². The number of amides is 1. The Morgan fingerprint density at radius 2 is 1.84 bits per heavy atom. The van der Waals surface area contributed by atoms with E-state index in [2.05, 4.69) is 15.6 Å². The second-order valence-corrected chi connectivity index (χ2v) is 7.38. The normalized spacial score (nSPS) is 11.1. The third-order valence-corrected chi connectivity index (χ3v) is 5.37. The third-order valence-electron chi connectivity index (χ3n) is 4.96. The molecular weight excluding hydrogens is 428 g/mol. The van der Waals surface area contributed by atoms with Gasteiger partial charge in [0.15, 0.2) is 5.69 Å². The Morgan fingerprint density at radius 3 is 2.62 bits per heavy atom. The quantitative estimate of drug-likeness (QED) is 0.369. The van der Waals surface area contributed by atoms with Gasteiger partial charge in [0.05, 0.1) is 24.4 Å². The molecule has 3 aromatic carbocycles. The molecule has 1 aromatic heterocycles. The number of benzene rings is 3. The van der Waals surface area contributed by atoms with E-state index in [0.717, 1.165) is 5.56 Å². The van der Waals surface area contributed by atoms with Crippen molar-refractivity contribution in [3.63, 3.8) is 0 Å². The number of nitrogens with zero attached hydrogens (tertiary/aromatic N) is 3. The zero-order chi connectivity index (χ0) is 22.7. The van der Waals surface area contributed by atoms with E-state index >= 15 is 0 Å². The van der Waals surface area contributed by atoms with Crippen LogP contribution in [0.15, 0.2) is 76.6 Å². The molecule has 160 valence electrons. The second kappa shape index (κ2) is 9.03. The summed E-state index contributed by atoms with van der Waals surface area (Å²) in [4.78, 5) is 26.1. The van der Waals surface area contributed by atoms with Crippen LogP contribution in [0, 0.1) is 6.92 Å². The lowest BCUT2D eigenvalue weighted by atomic mass is 10.1. The molecule has 0 aliphatic carbocycles. The number of nitrogens with one attached hydrogen (secondary N) is 1. The number of hydrogen-bond acceptors (Lipinski definition) is 5. The van der Waals surface area contributed by atoms with E-state index in [-0.39, 0.29) is 11.3 Å². The lowest BCUT2D eigenvalue weighted by Crippen LogP contribution is -2.28. The van der Waals surface area contributed by atoms with Crippen molar-refractivity contribution in [1.29, 1.82) is 0 Å². The van der Waals surface area contributed by atoms with Crippen molar-refractivity contribution in [3.8, 4) is 11.4 Å². The Morgan fingerprint density at radius 1 is 1.09 bits per heavy atom. The zero-order valence-electron chi connectivity index (χ0n) is 17.4. The van der Waals surface area contributed by atoms with Crippen LogP contribution in [-0.4, -0.2) is 29.0 Å². The SMILES string of the molecule is COc1cccc(C=NNC(=O)c2nn(-c3cccc(Cl)c3C)c(=O)c3ccccc23)c1. The van der Waals surface area contributed by atoms with Gasteiger partial charge in [-0.05, 0) is 48.4 Å². The minimum Gasteiger partial charge on any atom is -0.497 e. The average molecular weight is 447 g/mol. The van der Waals surface area contributed by atoms with E-state index in [1.54, 1.807) is 62.6 Å². The molecule has 0 saturated carbocycles. The first kappa shape index (κ1) is 21.3. The summed E-state index contributed by atoms with van der Waals surface area (Å²) in [7, 11) is 1.57. The summed E-state index contributed by atoms with van der Waals surface area (Å²) in [6, 6.07) is 19.3. The number of methoxy groups -OCH3 is 1. The Hall–Kier alpha value is -3.97. The Kier molecular flexibility index (Phi) is 6.00. The summed E-state index contributed by atoms with van der Waals surface area (Å²) < 4.78 is 6.38. The topological polar surface area (TPSA) is 85.6 Å². The molecule has 8 heteroatoms. The molecule has 7 nitrogen and oxygen atoms in total. The number of ether oxygens (including phenoxy) is 1. The molecule has 0 saturated heterocycles. The first-order valence-electron chi connectivity index (χ1n) is 9.74. The smallest absolute Gasteiger partial charge is 0.292 e. The van der Waals surface area contributed by atoms with Crippen molar-refractivity contribution in [3.05, 3.63) is 98.9 Å². The van der Waals surface area contributed by atoms with E-state index in [1.807, 2.05) is 18.2 Å². The minimum atomic E-state index is -0.547. The molecule has 4 aromatic rings. The van der Waals surface area contributed by atoms with Crippen molar-refractivity contribution in [2.24, 2.45) is 5.10 Å². The van der Waals surface area contributed by atoms with Crippen LogP contribution in [0.2, 0.25) is 5.02 Å². The van der Waals surface area contributed by atoms with Crippen molar-refractivity contribution < 1.29 is 9.53 Å². The molecule has 0 spiro atoms. The highest BCUT2D eigenvalue weighted by atomic mass is 35.5. The Labute approximate surface area is 188 Å². The molecular formula is C24H19ClN4O3. The largest absolute Gasteiger partial charge is 0.497 e. The van der Waals surface area contributed by atoms with E-state index in [0.29, 0.717) is 32.8 Å². The van der Waals surface area contributed by atoms with E-state index < -0.39 is 5.91 Å². The highest BCUT2D eigenvalue weighted by molar-refractivity contribution is 6.31. The fraction of sp³-hybridized carbons (Fsp3) is 0.0833. The number of rotatable bonds is 5. The van der Waals surface area contributed by atoms with Gasteiger partial charge < -0.3 is 4.74 Å². The van der Waals surface area contributed by atoms with Crippen molar-refractivity contribution in [1.82, 2.24) is 15.2 Å². The highest BCUT2D eigenvalue weighted by Gasteiger charge is 2.18. The van der Waals surface area contributed by atoms with Gasteiger partial charge in [0.25, 0.3) is 11.5 Å². The van der Waals surface area contributed by atoms with Gasteiger partial charge in [0.1, 0.15) is 5.75 Å². The van der Waals surface area contributed by atoms with Crippen LogP contribution in [-0.2, 0) is 0 Å². The summed E-state index contributed by atoms with van der Waals surface area (Å²) in [6.45, 7) is 1.79. The summed E-state index contributed by atoms with van der Waals surface area (Å²) in [6.07, 6.45) is 1.50. The van der Waals surface area contributed by atoms with Gasteiger partial charge in [-0.3, -0.25) is 9.59 Å². The summed E-state index contributed by atoms with van der Waals surface area (Å²) in [5.41, 5.74) is 4.15. The van der Waals surface area contributed by atoms with Gasteiger partial charge in [0.2, 0.25) is 0 Å². The number of halogens is 1. The Bertz CT molecular complexity index is 1410. The average Bonchev–Trinajstić information content (AvgIpc) is 2.81. The minimum absolute atomic E-state index is 0.0716. The van der Waals surface area contributed by atoms with E-state index in [9.17, 15) is 9.59 Å². The molecule has 1 amide bonds. The standard InChI is InChI=1S/C24H19ClN4O3/c1-15-20(25)11-6-12-21(15)29-24(31)19-10-4-3-9-18(19)22(28-29)23(30)27-26-14-16-7-5-8-17(13-16)32-2/h3-14H,1-2H3,(H,27,30). The third kappa shape index (κ3) is 4.10. The maximum Gasteiger partial charge on any atom is 0.292 e. The van der Waals surface area contributed by atoms with Crippen LogP contribution in [0.5, 0.6) is 5.75 Å². The molecule has 0 aliphatic rings. The number of fused-ring (bicyclic) bond motifs is 1. The number of hydrogen-bond donors (Lipinski definition) is 1. The van der Waals surface area contributed by atoms with Gasteiger partial charge in [-0.25, -0.2) is 5.43 Å². The van der Waals surface area contributed by atoms with Crippen molar-refractivity contribution >= 4 is 34.5 Å². The van der Waals surface area contributed by atoms with Crippen LogP contribution in [0.1, 0.15) is 21.6 Å². The van der Waals surface area contributed by atoms with Crippen molar-refractivity contribution in [2.45, 2.75) is 6.92 Å². The van der Waals surface area contributed by atoms with Crippen LogP contribution >= 0.6 is 11.6 Å². The summed E-state index contributed by atoms with van der Waals surface area (Å²) >= 11 is 6.23. The van der Waals surface area contributed by atoms with Gasteiger partial charge in [0, 0.05) is 10.4 Å². The molecule has 0 atom stereocenters. The summed E-state index contributed by atoms with van der Waals surface area (Å²) in [5, 5.41) is 9.69. The van der Waals surface area contributed by atoms with Gasteiger partial charge in [-0.2, -0.15) is 14.9 Å². The van der Waals surface area contributed by atoms with Crippen molar-refractivity contribution in [2.75, 3.05) is 7.11 Å². The fourth-order valence-corrected chi connectivity index (χ4v) is 3.46. The predicted molar refractivity (Wildman–Crippen MR) is 125 cm³/mol. The highest BCUT2D eigenvalue weighted by Crippen LogP contribution is 2.22. The molecule has 1 N–H and O–H groups in total. The molecule has 0 unspecified atom stereocenters. The monoisotopic (exact) mass is 446 g/mol. The van der Waals surface area contributed by atoms with Crippen LogP contribution in [0.3, 0.4) is 0 Å². The number of hydrazone groups is 1. The number of aromatic nitrogens is 2. The Balaban J connectivity index is 1.75. The van der Waals surface area contributed by atoms with E-state index in [1.165, 1.54) is 10.9 Å². The summed E-state index contributed by atoms with van der Waals surface area (Å²) in [5.74, 6) is 0.130. The van der Waals surface area contributed by atoms with Crippen LogP contribution < -0.4 is 15.7 Å². The second-order valence-electron chi connectivity index (χ2n) is 6.97. The predicted octanol–water partition coefficient (Wildman–Crippen LogP) is 4.12.